The predicted molar refractivity (Wildman–Crippen MR) is 93.1 cm³/mol. The molecule has 0 spiro atoms. The zero-order valence-electron chi connectivity index (χ0n) is 14.6. The first-order valence-electron chi connectivity index (χ1n) is 8.55. The second-order valence-electron chi connectivity index (χ2n) is 6.55. The van der Waals surface area contributed by atoms with Crippen LogP contribution < -0.4 is 4.74 Å². The van der Waals surface area contributed by atoms with Gasteiger partial charge in [-0.2, -0.15) is 0 Å². The Labute approximate surface area is 143 Å². The van der Waals surface area contributed by atoms with Crippen LogP contribution in [0.3, 0.4) is 0 Å². The molecule has 0 N–H and O–H groups in total. The van der Waals surface area contributed by atoms with Gasteiger partial charge in [-0.1, -0.05) is 18.2 Å². The van der Waals surface area contributed by atoms with Gasteiger partial charge in [-0.25, -0.2) is 4.98 Å². The summed E-state index contributed by atoms with van der Waals surface area (Å²) >= 11 is 0. The molecule has 5 nitrogen and oxygen atoms in total. The number of benzene rings is 1. The number of rotatable bonds is 4. The molecule has 2 heterocycles. The van der Waals surface area contributed by atoms with Crippen molar-refractivity contribution in [2.75, 3.05) is 13.1 Å². The number of carbonyl (C=O) groups is 1. The quantitative estimate of drug-likeness (QED) is 0.867. The second-order valence-corrected chi connectivity index (χ2v) is 6.55. The lowest BCUT2D eigenvalue weighted by Crippen LogP contribution is -2.44. The van der Waals surface area contributed by atoms with Gasteiger partial charge in [0.2, 0.25) is 5.91 Å². The van der Waals surface area contributed by atoms with Crippen LogP contribution in [0.4, 0.5) is 0 Å². The van der Waals surface area contributed by atoms with Gasteiger partial charge in [-0.05, 0) is 31.9 Å². The van der Waals surface area contributed by atoms with Gasteiger partial charge in [0, 0.05) is 38.3 Å². The maximum atomic E-state index is 12.6. The number of nitrogens with zero attached hydrogens (tertiary/aromatic N) is 3. The van der Waals surface area contributed by atoms with E-state index in [4.69, 9.17) is 4.74 Å². The number of hydrogen-bond donors (Lipinski definition) is 0. The maximum absolute atomic E-state index is 12.6. The minimum atomic E-state index is -0.205. The van der Waals surface area contributed by atoms with Crippen LogP contribution in [0.5, 0.6) is 5.75 Å². The summed E-state index contributed by atoms with van der Waals surface area (Å²) in [6, 6.07) is 6.00. The highest BCUT2D eigenvalue weighted by Gasteiger charge is 2.27. The van der Waals surface area contributed by atoms with Crippen LogP contribution in [0.15, 0.2) is 36.9 Å². The van der Waals surface area contributed by atoms with E-state index >= 15 is 0 Å². The average molecular weight is 327 g/mol. The molecule has 1 aliphatic heterocycles. The highest BCUT2D eigenvalue weighted by Crippen LogP contribution is 2.26. The van der Waals surface area contributed by atoms with Gasteiger partial charge >= 0.3 is 0 Å². The molecule has 1 atom stereocenters. The van der Waals surface area contributed by atoms with Crippen molar-refractivity contribution in [3.05, 3.63) is 48.0 Å². The Balaban J connectivity index is 1.57. The first-order chi connectivity index (χ1) is 11.6. The predicted octanol–water partition coefficient (Wildman–Crippen LogP) is 3.13. The molecule has 2 aromatic rings. The van der Waals surface area contributed by atoms with Crippen LogP contribution in [-0.2, 0) is 4.79 Å². The molecule has 24 heavy (non-hydrogen) atoms. The zero-order chi connectivity index (χ0) is 17.1. The summed E-state index contributed by atoms with van der Waals surface area (Å²) in [7, 11) is 0. The van der Waals surface area contributed by atoms with E-state index in [-0.39, 0.29) is 18.1 Å². The summed E-state index contributed by atoms with van der Waals surface area (Å²) in [5.74, 6) is 1.15. The fourth-order valence-electron chi connectivity index (χ4n) is 3.24. The van der Waals surface area contributed by atoms with Crippen LogP contribution in [0.1, 0.15) is 36.9 Å². The number of likely N-dealkylation sites (tertiary alicyclic amines) is 1. The normalized spacial score (nSPS) is 16.9. The molecule has 1 aromatic carbocycles. The van der Waals surface area contributed by atoms with Gasteiger partial charge < -0.3 is 14.2 Å². The lowest BCUT2D eigenvalue weighted by atomic mass is 10.1. The van der Waals surface area contributed by atoms with E-state index < -0.39 is 0 Å². The Bertz CT molecular complexity index is 668. The summed E-state index contributed by atoms with van der Waals surface area (Å²) in [4.78, 5) is 18.6. The van der Waals surface area contributed by atoms with E-state index in [1.54, 1.807) is 12.5 Å². The second kappa shape index (κ2) is 7.07. The SMILES string of the molecule is Cc1cccc(C)c1OC1CCN(C(=O)[C@H](C)n2ccnc2)CC1. The Kier molecular flexibility index (Phi) is 4.88. The number of aromatic nitrogens is 2. The third kappa shape index (κ3) is 3.45. The van der Waals surface area contributed by atoms with E-state index in [1.165, 1.54) is 11.1 Å². The summed E-state index contributed by atoms with van der Waals surface area (Å²) in [5.41, 5.74) is 2.34. The lowest BCUT2D eigenvalue weighted by Gasteiger charge is -2.34. The molecular formula is C19H25N3O2. The Morgan fingerprint density at radius 1 is 1.25 bits per heavy atom. The fourth-order valence-corrected chi connectivity index (χ4v) is 3.24. The molecule has 0 bridgehead atoms. The number of hydrogen-bond acceptors (Lipinski definition) is 3. The number of imidazole rings is 1. The molecule has 0 saturated carbocycles. The molecule has 1 aromatic heterocycles. The highest BCUT2D eigenvalue weighted by atomic mass is 16.5. The van der Waals surface area contributed by atoms with Crippen LogP contribution >= 0.6 is 0 Å². The van der Waals surface area contributed by atoms with Crippen molar-refractivity contribution in [3.63, 3.8) is 0 Å². The van der Waals surface area contributed by atoms with E-state index in [9.17, 15) is 4.79 Å². The van der Waals surface area contributed by atoms with Crippen molar-refractivity contribution >= 4 is 5.91 Å². The van der Waals surface area contributed by atoms with Crippen LogP contribution in [0, 0.1) is 13.8 Å². The topological polar surface area (TPSA) is 47.4 Å². The first-order valence-corrected chi connectivity index (χ1v) is 8.55. The van der Waals surface area contributed by atoms with Crippen molar-refractivity contribution in [2.45, 2.75) is 45.8 Å². The minimum absolute atomic E-state index is 0.151. The van der Waals surface area contributed by atoms with Crippen molar-refractivity contribution in [3.8, 4) is 5.75 Å². The van der Waals surface area contributed by atoms with E-state index in [0.717, 1.165) is 31.7 Å². The van der Waals surface area contributed by atoms with Crippen molar-refractivity contribution in [1.29, 1.82) is 0 Å². The summed E-state index contributed by atoms with van der Waals surface area (Å²) < 4.78 is 8.07. The first kappa shape index (κ1) is 16.6. The summed E-state index contributed by atoms with van der Waals surface area (Å²) in [5, 5.41) is 0. The standard InChI is InChI=1S/C19H25N3O2/c1-14-5-4-6-15(2)18(14)24-17-7-10-21(11-8-17)19(23)16(3)22-12-9-20-13-22/h4-6,9,12-13,16-17H,7-8,10-11H2,1-3H3/t16-/m0/s1. The third-order valence-electron chi connectivity index (χ3n) is 4.78. The Morgan fingerprint density at radius 3 is 2.50 bits per heavy atom. The van der Waals surface area contributed by atoms with E-state index in [1.807, 2.05) is 22.6 Å². The molecule has 128 valence electrons. The van der Waals surface area contributed by atoms with Gasteiger partial charge in [-0.3, -0.25) is 4.79 Å². The van der Waals surface area contributed by atoms with Crippen molar-refractivity contribution < 1.29 is 9.53 Å². The van der Waals surface area contributed by atoms with Gasteiger partial charge in [0.1, 0.15) is 17.9 Å². The van der Waals surface area contributed by atoms with Gasteiger partial charge in [0.05, 0.1) is 6.33 Å². The third-order valence-corrected chi connectivity index (χ3v) is 4.78. The number of para-hydroxylation sites is 1. The number of piperidine rings is 1. The minimum Gasteiger partial charge on any atom is -0.490 e. The Morgan fingerprint density at radius 2 is 1.92 bits per heavy atom. The van der Waals surface area contributed by atoms with Gasteiger partial charge in [0.15, 0.2) is 0 Å². The molecule has 5 heteroatoms. The smallest absolute Gasteiger partial charge is 0.245 e. The monoisotopic (exact) mass is 327 g/mol. The molecule has 0 aliphatic carbocycles. The van der Waals surface area contributed by atoms with Gasteiger partial charge in [-0.15, -0.1) is 0 Å². The number of carbonyl (C=O) groups excluding carboxylic acids is 1. The van der Waals surface area contributed by atoms with Crippen molar-refractivity contribution in [2.24, 2.45) is 0 Å². The molecule has 1 aliphatic rings. The number of ether oxygens (including phenoxy) is 1. The summed E-state index contributed by atoms with van der Waals surface area (Å²) in [6.07, 6.45) is 7.15. The molecule has 0 unspecified atom stereocenters. The molecule has 1 fully saturated rings. The molecule has 3 rings (SSSR count). The van der Waals surface area contributed by atoms with Gasteiger partial charge in [0.25, 0.3) is 0 Å². The number of aryl methyl sites for hydroxylation is 2. The van der Waals surface area contributed by atoms with E-state index in [0.29, 0.717) is 0 Å². The lowest BCUT2D eigenvalue weighted by molar-refractivity contribution is -0.136. The number of amides is 1. The maximum Gasteiger partial charge on any atom is 0.245 e. The van der Waals surface area contributed by atoms with Crippen molar-refractivity contribution in [1.82, 2.24) is 14.5 Å². The van der Waals surface area contributed by atoms with Crippen LogP contribution in [-0.4, -0.2) is 39.6 Å². The molecular weight excluding hydrogens is 302 g/mol. The summed E-state index contributed by atoms with van der Waals surface area (Å²) in [6.45, 7) is 7.56. The van der Waals surface area contributed by atoms with E-state index in [2.05, 4.69) is 37.0 Å². The van der Waals surface area contributed by atoms with Crippen LogP contribution in [0.2, 0.25) is 0 Å². The fraction of sp³-hybridized carbons (Fsp3) is 0.474. The molecule has 0 radical (unpaired) electrons. The largest absolute Gasteiger partial charge is 0.490 e. The Hall–Kier alpha value is -2.30. The average Bonchev–Trinajstić information content (AvgIpc) is 3.12. The molecule has 1 saturated heterocycles. The van der Waals surface area contributed by atoms with Crippen LogP contribution in [0.25, 0.3) is 0 Å². The zero-order valence-corrected chi connectivity index (χ0v) is 14.6. The molecule has 1 amide bonds. The highest BCUT2D eigenvalue weighted by molar-refractivity contribution is 5.80.